The van der Waals surface area contributed by atoms with Crippen molar-refractivity contribution in [3.05, 3.63) is 45.9 Å². The van der Waals surface area contributed by atoms with E-state index in [1.807, 2.05) is 24.3 Å². The summed E-state index contributed by atoms with van der Waals surface area (Å²) in [6.45, 7) is 0. The Hall–Kier alpha value is -1.71. The number of benzene rings is 1. The minimum absolute atomic E-state index is 0.148. The van der Waals surface area contributed by atoms with Crippen molar-refractivity contribution < 1.29 is 14.3 Å². The molecule has 0 saturated carbocycles. The van der Waals surface area contributed by atoms with Gasteiger partial charge in [-0.15, -0.1) is 0 Å². The first-order chi connectivity index (χ1) is 7.67. The molecule has 0 N–H and O–H groups in total. The molecule has 0 saturated heterocycles. The van der Waals surface area contributed by atoms with Crippen LogP contribution in [0.3, 0.4) is 0 Å². The van der Waals surface area contributed by atoms with Crippen molar-refractivity contribution in [2.24, 2.45) is 0 Å². The van der Waals surface area contributed by atoms with Gasteiger partial charge in [0.1, 0.15) is 0 Å². The van der Waals surface area contributed by atoms with Gasteiger partial charge in [0.25, 0.3) is 0 Å². The maximum atomic E-state index is 11.0. The molecule has 0 aliphatic heterocycles. The molecule has 0 fully saturated rings. The van der Waals surface area contributed by atoms with Gasteiger partial charge >= 0.3 is 11.7 Å². The van der Waals surface area contributed by atoms with Gasteiger partial charge in [0, 0.05) is 10.5 Å². The largest absolute Gasteiger partial charge is 0.460 e. The van der Waals surface area contributed by atoms with Gasteiger partial charge in [0.2, 0.25) is 0 Å². The fraction of sp³-hybridized carbons (Fsp3) is 0.0909. The standard InChI is InChI=1S/C11H9BrN2O2/c1-16-11(15)10(14-13)7-4-8-2-5-9(12)6-3-8/h2-7H,1H3/b7-4+. The molecule has 0 aromatic heterocycles. The summed E-state index contributed by atoms with van der Waals surface area (Å²) in [7, 11) is 1.22. The first kappa shape index (κ1) is 12.4. The molecule has 0 atom stereocenters. The Bertz CT molecular complexity index is 459. The average Bonchev–Trinajstić information content (AvgIpc) is 2.31. The number of hydrogen-bond acceptors (Lipinski definition) is 2. The SMILES string of the molecule is COC(=O)C(/C=C/c1ccc(Br)cc1)=[N+]=[N-]. The Balaban J connectivity index is 2.84. The van der Waals surface area contributed by atoms with Crippen LogP contribution in [-0.2, 0) is 9.53 Å². The van der Waals surface area contributed by atoms with Gasteiger partial charge < -0.3 is 10.3 Å². The monoisotopic (exact) mass is 280 g/mol. The van der Waals surface area contributed by atoms with E-state index in [0.29, 0.717) is 0 Å². The molecule has 0 unspecified atom stereocenters. The summed E-state index contributed by atoms with van der Waals surface area (Å²) >= 11 is 3.31. The van der Waals surface area contributed by atoms with Crippen LogP contribution in [0.2, 0.25) is 0 Å². The van der Waals surface area contributed by atoms with Gasteiger partial charge in [-0.05, 0) is 23.8 Å². The third kappa shape index (κ3) is 3.46. The van der Waals surface area contributed by atoms with Crippen LogP contribution in [0.15, 0.2) is 34.8 Å². The predicted octanol–water partition coefficient (Wildman–Crippen LogP) is 2.31. The minimum Gasteiger partial charge on any atom is -0.460 e. The van der Waals surface area contributed by atoms with Crippen LogP contribution in [0, 0.1) is 0 Å². The summed E-state index contributed by atoms with van der Waals surface area (Å²) in [5.74, 6) is -0.684. The highest BCUT2D eigenvalue weighted by Gasteiger charge is 2.16. The first-order valence-electron chi connectivity index (χ1n) is 4.41. The Morgan fingerprint density at radius 1 is 1.44 bits per heavy atom. The van der Waals surface area contributed by atoms with E-state index in [1.54, 1.807) is 6.08 Å². The van der Waals surface area contributed by atoms with E-state index in [9.17, 15) is 4.79 Å². The van der Waals surface area contributed by atoms with Gasteiger partial charge in [0.05, 0.1) is 7.11 Å². The molecule has 0 aliphatic rings. The first-order valence-corrected chi connectivity index (χ1v) is 5.20. The van der Waals surface area contributed by atoms with Crippen LogP contribution < -0.4 is 0 Å². The molecule has 4 nitrogen and oxygen atoms in total. The van der Waals surface area contributed by atoms with Crippen molar-refractivity contribution in [1.82, 2.24) is 0 Å². The average molecular weight is 281 g/mol. The zero-order valence-electron chi connectivity index (χ0n) is 8.55. The van der Waals surface area contributed by atoms with Crippen LogP contribution in [0.1, 0.15) is 5.56 Å². The smallest absolute Gasteiger partial charge is 0.421 e. The summed E-state index contributed by atoms with van der Waals surface area (Å²) in [5.41, 5.74) is 9.31. The van der Waals surface area contributed by atoms with Crippen LogP contribution >= 0.6 is 15.9 Å². The zero-order valence-corrected chi connectivity index (χ0v) is 10.1. The number of methoxy groups -OCH3 is 1. The number of nitrogens with zero attached hydrogens (tertiary/aromatic N) is 2. The maximum Gasteiger partial charge on any atom is 0.421 e. The maximum absolute atomic E-state index is 11.0. The molecule has 0 bridgehead atoms. The highest BCUT2D eigenvalue weighted by atomic mass is 79.9. The Morgan fingerprint density at radius 2 is 2.06 bits per heavy atom. The van der Waals surface area contributed by atoms with E-state index < -0.39 is 5.97 Å². The number of halogens is 1. The van der Waals surface area contributed by atoms with Gasteiger partial charge in [-0.25, -0.2) is 4.79 Å². The number of ether oxygens (including phenoxy) is 1. The molecule has 5 heteroatoms. The minimum atomic E-state index is -0.684. The molecule has 0 spiro atoms. The fourth-order valence-corrected chi connectivity index (χ4v) is 1.26. The lowest BCUT2D eigenvalue weighted by atomic mass is 10.2. The predicted molar refractivity (Wildman–Crippen MR) is 63.8 cm³/mol. The molecule has 0 heterocycles. The van der Waals surface area contributed by atoms with Crippen molar-refractivity contribution in [3.63, 3.8) is 0 Å². The summed E-state index contributed by atoms with van der Waals surface area (Å²) < 4.78 is 5.39. The molecule has 16 heavy (non-hydrogen) atoms. The number of hydrogen-bond donors (Lipinski definition) is 0. The summed E-state index contributed by atoms with van der Waals surface area (Å²) in [6, 6.07) is 7.45. The van der Waals surface area contributed by atoms with Gasteiger partial charge in [-0.1, -0.05) is 28.1 Å². The Kier molecular flexibility index (Phi) is 4.64. The van der Waals surface area contributed by atoms with Crippen molar-refractivity contribution in [1.29, 1.82) is 0 Å². The van der Waals surface area contributed by atoms with Crippen molar-refractivity contribution in [2.45, 2.75) is 0 Å². The van der Waals surface area contributed by atoms with Crippen molar-refractivity contribution in [3.8, 4) is 0 Å². The molecule has 1 rings (SSSR count). The number of carbonyl (C=O) groups excluding carboxylic acids is 1. The summed E-state index contributed by atoms with van der Waals surface area (Å²) in [4.78, 5) is 13.9. The van der Waals surface area contributed by atoms with Gasteiger partial charge in [-0.3, -0.25) is 0 Å². The van der Waals surface area contributed by atoms with E-state index in [4.69, 9.17) is 5.53 Å². The zero-order chi connectivity index (χ0) is 12.0. The molecule has 82 valence electrons. The number of carbonyl (C=O) groups is 1. The Morgan fingerprint density at radius 3 is 2.56 bits per heavy atom. The topological polar surface area (TPSA) is 62.7 Å². The summed E-state index contributed by atoms with van der Waals surface area (Å²) in [6.07, 6.45) is 3.04. The fourth-order valence-electron chi connectivity index (χ4n) is 0.996. The van der Waals surface area contributed by atoms with Crippen LogP contribution in [-0.4, -0.2) is 23.6 Å². The number of rotatable bonds is 3. The van der Waals surface area contributed by atoms with E-state index in [-0.39, 0.29) is 5.71 Å². The highest BCUT2D eigenvalue weighted by molar-refractivity contribution is 9.10. The van der Waals surface area contributed by atoms with E-state index in [1.165, 1.54) is 13.2 Å². The molecule has 0 aliphatic carbocycles. The lowest BCUT2D eigenvalue weighted by Gasteiger charge is -1.92. The summed E-state index contributed by atoms with van der Waals surface area (Å²) in [5, 5.41) is 0. The van der Waals surface area contributed by atoms with E-state index in [0.717, 1.165) is 10.0 Å². The lowest BCUT2D eigenvalue weighted by molar-refractivity contribution is -0.137. The van der Waals surface area contributed by atoms with Crippen LogP contribution in [0.25, 0.3) is 11.6 Å². The lowest BCUT2D eigenvalue weighted by Crippen LogP contribution is -2.13. The normalized spacial score (nSPS) is 9.88. The van der Waals surface area contributed by atoms with Gasteiger partial charge in [0.15, 0.2) is 0 Å². The Labute approximate surface area is 101 Å². The second kappa shape index (κ2) is 6.00. The highest BCUT2D eigenvalue weighted by Crippen LogP contribution is 2.11. The second-order valence-corrected chi connectivity index (χ2v) is 3.78. The number of esters is 1. The van der Waals surface area contributed by atoms with Crippen LogP contribution in [0.5, 0.6) is 0 Å². The van der Waals surface area contributed by atoms with Crippen LogP contribution in [0.4, 0.5) is 0 Å². The molecule has 0 amide bonds. The van der Waals surface area contributed by atoms with E-state index >= 15 is 0 Å². The molecule has 1 aromatic carbocycles. The quantitative estimate of drug-likeness (QED) is 0.369. The third-order valence-electron chi connectivity index (χ3n) is 1.81. The third-order valence-corrected chi connectivity index (χ3v) is 2.33. The van der Waals surface area contributed by atoms with Crippen molar-refractivity contribution in [2.75, 3.05) is 7.11 Å². The van der Waals surface area contributed by atoms with Crippen molar-refractivity contribution >= 4 is 33.7 Å². The molecule has 1 aromatic rings. The molecule has 0 radical (unpaired) electrons. The van der Waals surface area contributed by atoms with E-state index in [2.05, 4.69) is 25.5 Å². The second-order valence-electron chi connectivity index (χ2n) is 2.86. The molecular formula is C11H9BrN2O2. The molecular weight excluding hydrogens is 272 g/mol. The van der Waals surface area contributed by atoms with Gasteiger partial charge in [-0.2, -0.15) is 4.79 Å².